The number of halogens is 1. The highest BCUT2D eigenvalue weighted by atomic mass is 19.1. The van der Waals surface area contributed by atoms with E-state index in [2.05, 4.69) is 30.9 Å². The summed E-state index contributed by atoms with van der Waals surface area (Å²) in [5, 5.41) is 15.3. The Hall–Kier alpha value is -2.32. The Morgan fingerprint density at radius 3 is 3.00 bits per heavy atom. The lowest BCUT2D eigenvalue weighted by atomic mass is 10.0. The highest BCUT2D eigenvalue weighted by molar-refractivity contribution is 5.90. The lowest BCUT2D eigenvalue weighted by Crippen LogP contribution is -2.21. The molecule has 0 fully saturated rings. The highest BCUT2D eigenvalue weighted by Gasteiger charge is 2.14. The first-order valence-electron chi connectivity index (χ1n) is 6.14. The van der Waals surface area contributed by atoms with E-state index in [1.165, 1.54) is 6.08 Å². The second kappa shape index (κ2) is 7.97. The predicted octanol–water partition coefficient (Wildman–Crippen LogP) is 0.785. The van der Waals surface area contributed by atoms with Gasteiger partial charge in [0.05, 0.1) is 12.4 Å². The van der Waals surface area contributed by atoms with E-state index in [0.29, 0.717) is 18.7 Å². The fourth-order valence-corrected chi connectivity index (χ4v) is 1.33. The number of aromatic amines is 1. The largest absolute Gasteiger partial charge is 0.388 e. The van der Waals surface area contributed by atoms with E-state index in [1.54, 1.807) is 13.8 Å². The van der Waals surface area contributed by atoms with Crippen LogP contribution in [-0.4, -0.2) is 38.9 Å². The molecule has 1 amide bonds. The molecule has 0 aliphatic carbocycles. The number of hydrogen-bond acceptors (Lipinski definition) is 5. The average molecular weight is 283 g/mol. The lowest BCUT2D eigenvalue weighted by molar-refractivity contribution is -0.119. The van der Waals surface area contributed by atoms with Gasteiger partial charge in [0.2, 0.25) is 5.91 Å². The average Bonchev–Trinajstić information content (AvgIpc) is 2.89. The van der Waals surface area contributed by atoms with E-state index >= 15 is 0 Å². The minimum Gasteiger partial charge on any atom is -0.388 e. The van der Waals surface area contributed by atoms with Gasteiger partial charge in [0, 0.05) is 5.92 Å². The highest BCUT2D eigenvalue weighted by Crippen LogP contribution is 2.10. The first-order valence-corrected chi connectivity index (χ1v) is 6.14. The van der Waals surface area contributed by atoms with Gasteiger partial charge in [-0.2, -0.15) is 5.21 Å². The number of nitrogens with one attached hydrogen (secondary N) is 2. The van der Waals surface area contributed by atoms with Gasteiger partial charge in [-0.25, -0.2) is 4.39 Å². The molecular weight excluding hydrogens is 265 g/mol. The van der Waals surface area contributed by atoms with Crippen LogP contribution in [0.15, 0.2) is 16.9 Å². The summed E-state index contributed by atoms with van der Waals surface area (Å²) in [4.78, 5) is 15.5. The number of anilines is 1. The molecule has 0 bridgehead atoms. The third kappa shape index (κ3) is 6.03. The number of nitrogens with two attached hydrogens (primary N) is 1. The molecule has 9 heteroatoms. The zero-order valence-corrected chi connectivity index (χ0v) is 11.4. The first kappa shape index (κ1) is 15.7. The molecular formula is C11H18FN7O. The minimum absolute atomic E-state index is 0.0637. The molecule has 20 heavy (non-hydrogen) atoms. The molecule has 0 saturated heterocycles. The van der Waals surface area contributed by atoms with Crippen molar-refractivity contribution in [2.75, 3.05) is 11.9 Å². The van der Waals surface area contributed by atoms with Crippen LogP contribution in [0.4, 0.5) is 10.3 Å². The Morgan fingerprint density at radius 2 is 2.40 bits per heavy atom. The number of hydrogen-bond donors (Lipinski definition) is 3. The number of amidine groups is 1. The van der Waals surface area contributed by atoms with E-state index in [1.807, 2.05) is 0 Å². The quantitative estimate of drug-likeness (QED) is 0.504. The van der Waals surface area contributed by atoms with E-state index in [0.717, 1.165) is 0 Å². The summed E-state index contributed by atoms with van der Waals surface area (Å²) in [6, 6.07) is 0. The van der Waals surface area contributed by atoms with E-state index in [9.17, 15) is 9.18 Å². The molecule has 0 radical (unpaired) electrons. The summed E-state index contributed by atoms with van der Waals surface area (Å²) >= 11 is 0. The predicted molar refractivity (Wildman–Crippen MR) is 72.6 cm³/mol. The number of amides is 1. The van der Waals surface area contributed by atoms with Crippen molar-refractivity contribution in [3.8, 4) is 0 Å². The number of rotatable bonds is 7. The van der Waals surface area contributed by atoms with Gasteiger partial charge in [-0.15, -0.1) is 5.10 Å². The van der Waals surface area contributed by atoms with Gasteiger partial charge in [-0.1, -0.05) is 18.1 Å². The van der Waals surface area contributed by atoms with Crippen LogP contribution in [0.25, 0.3) is 0 Å². The Labute approximate surface area is 115 Å². The number of tetrazole rings is 1. The van der Waals surface area contributed by atoms with Crippen LogP contribution < -0.4 is 11.1 Å². The van der Waals surface area contributed by atoms with Crippen LogP contribution in [-0.2, 0) is 4.79 Å². The van der Waals surface area contributed by atoms with Gasteiger partial charge >= 0.3 is 0 Å². The molecule has 0 aliphatic rings. The molecule has 0 unspecified atom stereocenters. The Bertz CT molecular complexity index is 479. The fraction of sp³-hybridized carbons (Fsp3) is 0.545. The van der Waals surface area contributed by atoms with Crippen LogP contribution >= 0.6 is 0 Å². The van der Waals surface area contributed by atoms with Crippen molar-refractivity contribution < 1.29 is 9.18 Å². The number of carbonyl (C=O) groups excluding carboxylic acids is 1. The number of allylic oxidation sites excluding steroid dienone is 1. The molecule has 1 rings (SSSR count). The van der Waals surface area contributed by atoms with Gasteiger partial charge in [0.1, 0.15) is 5.83 Å². The summed E-state index contributed by atoms with van der Waals surface area (Å²) in [6.07, 6.45) is 2.35. The second-order valence-corrected chi connectivity index (χ2v) is 4.31. The summed E-state index contributed by atoms with van der Waals surface area (Å²) < 4.78 is 13.3. The van der Waals surface area contributed by atoms with Crippen LogP contribution in [0.5, 0.6) is 0 Å². The van der Waals surface area contributed by atoms with Crippen molar-refractivity contribution in [2.24, 2.45) is 16.6 Å². The maximum atomic E-state index is 13.3. The third-order valence-corrected chi connectivity index (χ3v) is 2.47. The van der Waals surface area contributed by atoms with Crippen molar-refractivity contribution in [1.29, 1.82) is 0 Å². The topological polar surface area (TPSA) is 122 Å². The maximum Gasteiger partial charge on any atom is 0.269 e. The second-order valence-electron chi connectivity index (χ2n) is 4.31. The van der Waals surface area contributed by atoms with Crippen LogP contribution in [0.3, 0.4) is 0 Å². The van der Waals surface area contributed by atoms with Crippen molar-refractivity contribution in [3.63, 3.8) is 0 Å². The summed E-state index contributed by atoms with van der Waals surface area (Å²) in [5.74, 6) is -0.438. The van der Waals surface area contributed by atoms with Gasteiger partial charge in [0.25, 0.3) is 5.95 Å². The van der Waals surface area contributed by atoms with Gasteiger partial charge in [-0.3, -0.25) is 15.1 Å². The Morgan fingerprint density at radius 1 is 1.65 bits per heavy atom. The van der Waals surface area contributed by atoms with E-state index < -0.39 is 0 Å². The smallest absolute Gasteiger partial charge is 0.269 e. The monoisotopic (exact) mass is 283 g/mol. The number of carbonyl (C=O) groups is 1. The van der Waals surface area contributed by atoms with E-state index in [4.69, 9.17) is 5.73 Å². The molecule has 8 nitrogen and oxygen atoms in total. The SMILES string of the molecule is CC(N)=NC/C(F)=C\CC[C@H](C)C(=O)Nc1nn[nH]n1. The number of nitrogens with zero attached hydrogens (tertiary/aromatic N) is 4. The molecule has 1 aromatic rings. The van der Waals surface area contributed by atoms with Gasteiger partial charge in [0.15, 0.2) is 0 Å². The molecule has 0 aliphatic heterocycles. The minimum atomic E-state index is -0.361. The van der Waals surface area contributed by atoms with Crippen molar-refractivity contribution >= 4 is 17.7 Å². The molecule has 0 aromatic carbocycles. The Balaban J connectivity index is 2.32. The molecule has 4 N–H and O–H groups in total. The van der Waals surface area contributed by atoms with Crippen molar-refractivity contribution in [1.82, 2.24) is 20.6 Å². The maximum absolute atomic E-state index is 13.3. The molecule has 0 saturated carbocycles. The van der Waals surface area contributed by atoms with Gasteiger partial charge in [-0.05, 0) is 25.0 Å². The molecule has 110 valence electrons. The van der Waals surface area contributed by atoms with Crippen LogP contribution in [0.1, 0.15) is 26.7 Å². The first-order chi connectivity index (χ1) is 9.49. The normalized spacial score (nSPS) is 14.2. The zero-order chi connectivity index (χ0) is 15.0. The van der Waals surface area contributed by atoms with Crippen LogP contribution in [0, 0.1) is 5.92 Å². The zero-order valence-electron chi connectivity index (χ0n) is 11.4. The standard InChI is InChI=1S/C11H18FN7O/c1-7(10(20)15-11-16-18-19-17-11)4-3-5-9(12)6-14-8(2)13/h5,7H,3-4,6H2,1-2H3,(H2,13,14)(H2,15,16,17,18,19,20)/b9-5+/t7-/m0/s1. The molecule has 1 aromatic heterocycles. The lowest BCUT2D eigenvalue weighted by Gasteiger charge is -2.08. The van der Waals surface area contributed by atoms with Gasteiger partial charge < -0.3 is 5.73 Å². The number of H-pyrrole nitrogens is 1. The van der Waals surface area contributed by atoms with Crippen molar-refractivity contribution in [2.45, 2.75) is 26.7 Å². The van der Waals surface area contributed by atoms with Crippen LogP contribution in [0.2, 0.25) is 0 Å². The molecule has 1 atom stereocenters. The summed E-state index contributed by atoms with van der Waals surface area (Å²) in [6.45, 7) is 3.27. The number of aliphatic imine (C=N–C) groups is 1. The number of aromatic nitrogens is 4. The van der Waals surface area contributed by atoms with E-state index in [-0.39, 0.29) is 30.1 Å². The molecule has 0 spiro atoms. The summed E-state index contributed by atoms with van der Waals surface area (Å²) in [7, 11) is 0. The van der Waals surface area contributed by atoms with Crippen molar-refractivity contribution in [3.05, 3.63) is 11.9 Å². The third-order valence-electron chi connectivity index (χ3n) is 2.47. The Kier molecular flexibility index (Phi) is 6.27. The summed E-state index contributed by atoms with van der Waals surface area (Å²) in [5.41, 5.74) is 5.31. The molecule has 1 heterocycles. The fourth-order valence-electron chi connectivity index (χ4n) is 1.33.